The van der Waals surface area contributed by atoms with Crippen LogP contribution in [-0.4, -0.2) is 46.2 Å². The molecule has 1 aromatic carbocycles. The second-order valence-electron chi connectivity index (χ2n) is 8.79. The molecule has 32 heavy (non-hydrogen) atoms. The topological polar surface area (TPSA) is 74.6 Å². The summed E-state index contributed by atoms with van der Waals surface area (Å²) in [5, 5.41) is 13.4. The number of aromatic nitrogens is 1. The van der Waals surface area contributed by atoms with Crippen LogP contribution >= 0.6 is 0 Å². The zero-order chi connectivity index (χ0) is 22.7. The SMILES string of the molecule is C/C=C/c1ccc2n(c1=O)C[C@H]1[C@H](CO)[C@@H](C(=O)NCCc3ccccc3)N(CCC)[C@@H]21. The highest BCUT2D eigenvalue weighted by atomic mass is 16.3. The van der Waals surface area contributed by atoms with Crippen molar-refractivity contribution in [2.45, 2.75) is 45.3 Å². The monoisotopic (exact) mass is 435 g/mol. The summed E-state index contributed by atoms with van der Waals surface area (Å²) < 4.78 is 1.85. The molecule has 4 atom stereocenters. The van der Waals surface area contributed by atoms with Crippen molar-refractivity contribution < 1.29 is 9.90 Å². The highest BCUT2D eigenvalue weighted by Gasteiger charge is 2.55. The number of carbonyl (C=O) groups excluding carboxylic acids is 1. The third-order valence-corrected chi connectivity index (χ3v) is 6.87. The van der Waals surface area contributed by atoms with Crippen molar-refractivity contribution in [1.29, 1.82) is 0 Å². The Hall–Kier alpha value is -2.70. The highest BCUT2D eigenvalue weighted by Crippen LogP contribution is 2.49. The molecule has 0 radical (unpaired) electrons. The maximum atomic E-state index is 13.3. The van der Waals surface area contributed by atoms with Crippen molar-refractivity contribution in [3.8, 4) is 0 Å². The van der Waals surface area contributed by atoms with Gasteiger partial charge in [0.1, 0.15) is 0 Å². The van der Waals surface area contributed by atoms with E-state index in [-0.39, 0.29) is 42.0 Å². The molecule has 4 rings (SSSR count). The second-order valence-corrected chi connectivity index (χ2v) is 8.79. The summed E-state index contributed by atoms with van der Waals surface area (Å²) in [5.41, 5.74) is 2.83. The van der Waals surface area contributed by atoms with E-state index in [2.05, 4.69) is 29.3 Å². The lowest BCUT2D eigenvalue weighted by Gasteiger charge is -2.30. The van der Waals surface area contributed by atoms with E-state index in [1.807, 2.05) is 54.0 Å². The number of hydrogen-bond acceptors (Lipinski definition) is 4. The van der Waals surface area contributed by atoms with Gasteiger partial charge in [0.2, 0.25) is 5.91 Å². The first-order valence-electron chi connectivity index (χ1n) is 11.6. The smallest absolute Gasteiger partial charge is 0.258 e. The van der Waals surface area contributed by atoms with Crippen LogP contribution < -0.4 is 10.9 Å². The number of fused-ring (bicyclic) bond motifs is 3. The van der Waals surface area contributed by atoms with E-state index in [1.165, 1.54) is 5.56 Å². The molecule has 6 nitrogen and oxygen atoms in total. The van der Waals surface area contributed by atoms with Gasteiger partial charge in [-0.25, -0.2) is 0 Å². The number of nitrogens with zero attached hydrogens (tertiary/aromatic N) is 2. The largest absolute Gasteiger partial charge is 0.396 e. The molecule has 0 saturated carbocycles. The Kier molecular flexibility index (Phi) is 6.92. The Bertz CT molecular complexity index is 1030. The van der Waals surface area contributed by atoms with Gasteiger partial charge in [-0.05, 0) is 44.0 Å². The second kappa shape index (κ2) is 9.84. The minimum Gasteiger partial charge on any atom is -0.396 e. The lowest BCUT2D eigenvalue weighted by Crippen LogP contribution is -2.49. The summed E-state index contributed by atoms with van der Waals surface area (Å²) in [4.78, 5) is 28.5. The lowest BCUT2D eigenvalue weighted by molar-refractivity contribution is -0.127. The molecule has 2 aliphatic heterocycles. The number of allylic oxidation sites excluding steroid dienone is 1. The number of nitrogens with one attached hydrogen (secondary N) is 1. The minimum atomic E-state index is -0.384. The van der Waals surface area contributed by atoms with Crippen molar-refractivity contribution in [3.63, 3.8) is 0 Å². The third-order valence-electron chi connectivity index (χ3n) is 6.87. The zero-order valence-electron chi connectivity index (χ0n) is 18.9. The van der Waals surface area contributed by atoms with Crippen LogP contribution in [0.25, 0.3) is 6.08 Å². The molecule has 1 saturated heterocycles. The normalized spacial score (nSPS) is 24.6. The van der Waals surface area contributed by atoms with Crippen LogP contribution in [-0.2, 0) is 17.8 Å². The van der Waals surface area contributed by atoms with Gasteiger partial charge in [0.05, 0.1) is 12.1 Å². The predicted octanol–water partition coefficient (Wildman–Crippen LogP) is 2.61. The lowest BCUT2D eigenvalue weighted by atomic mass is 9.88. The molecule has 1 amide bonds. The van der Waals surface area contributed by atoms with Crippen molar-refractivity contribution >= 4 is 12.0 Å². The van der Waals surface area contributed by atoms with Crippen LogP contribution in [0.2, 0.25) is 0 Å². The first-order valence-corrected chi connectivity index (χ1v) is 11.6. The molecule has 0 spiro atoms. The van der Waals surface area contributed by atoms with Gasteiger partial charge in [-0.15, -0.1) is 0 Å². The Morgan fingerprint density at radius 1 is 1.22 bits per heavy atom. The molecule has 0 aliphatic carbocycles. The fourth-order valence-corrected chi connectivity index (χ4v) is 5.53. The molecule has 2 aromatic rings. The first-order chi connectivity index (χ1) is 15.6. The van der Waals surface area contributed by atoms with Crippen LogP contribution in [0.4, 0.5) is 0 Å². The molecule has 2 aliphatic rings. The van der Waals surface area contributed by atoms with Crippen LogP contribution in [0.5, 0.6) is 0 Å². The Balaban J connectivity index is 1.57. The maximum absolute atomic E-state index is 13.3. The van der Waals surface area contributed by atoms with E-state index in [0.29, 0.717) is 18.7 Å². The summed E-state index contributed by atoms with van der Waals surface area (Å²) >= 11 is 0. The quantitative estimate of drug-likeness (QED) is 0.669. The number of aliphatic hydroxyl groups excluding tert-OH is 1. The molecule has 170 valence electrons. The fourth-order valence-electron chi connectivity index (χ4n) is 5.53. The number of amides is 1. The van der Waals surface area contributed by atoms with Crippen LogP contribution in [0.1, 0.15) is 43.1 Å². The van der Waals surface area contributed by atoms with Crippen molar-refractivity contribution in [2.75, 3.05) is 19.7 Å². The van der Waals surface area contributed by atoms with Crippen LogP contribution in [0, 0.1) is 11.8 Å². The molecule has 1 fully saturated rings. The van der Waals surface area contributed by atoms with Crippen LogP contribution in [0.15, 0.2) is 53.3 Å². The Morgan fingerprint density at radius 3 is 2.69 bits per heavy atom. The molecule has 0 unspecified atom stereocenters. The molecular weight excluding hydrogens is 402 g/mol. The van der Waals surface area contributed by atoms with Gasteiger partial charge in [0.25, 0.3) is 5.56 Å². The van der Waals surface area contributed by atoms with E-state index in [0.717, 1.165) is 25.1 Å². The summed E-state index contributed by atoms with van der Waals surface area (Å²) in [6.45, 7) is 5.79. The molecule has 6 heteroatoms. The van der Waals surface area contributed by atoms with E-state index < -0.39 is 0 Å². The molecule has 3 heterocycles. The number of likely N-dealkylation sites (tertiary alicyclic amines) is 1. The first kappa shape index (κ1) is 22.5. The summed E-state index contributed by atoms with van der Waals surface area (Å²) in [6, 6.07) is 13.6. The van der Waals surface area contributed by atoms with E-state index in [1.54, 1.807) is 0 Å². The van der Waals surface area contributed by atoms with Crippen molar-refractivity contribution in [2.24, 2.45) is 11.8 Å². The maximum Gasteiger partial charge on any atom is 0.258 e. The number of rotatable bonds is 8. The van der Waals surface area contributed by atoms with Gasteiger partial charge in [-0.1, -0.05) is 49.4 Å². The molecular formula is C26H33N3O3. The summed E-state index contributed by atoms with van der Waals surface area (Å²) in [7, 11) is 0. The van der Waals surface area contributed by atoms with E-state index >= 15 is 0 Å². The molecule has 2 N–H and O–H groups in total. The standard InChI is InChI=1S/C26H33N3O3/c1-3-8-19-11-12-22-23-20(16-29(22)26(19)32)21(17-30)24(28(23)15-4-2)25(31)27-14-13-18-9-6-5-7-10-18/h3,5-12,20-21,23-24,30H,4,13-17H2,1-2H3,(H,27,31)/b8-3+/t20-,21-,23+,24-/m0/s1. The number of pyridine rings is 1. The fraction of sp³-hybridized carbons (Fsp3) is 0.462. The van der Waals surface area contributed by atoms with E-state index in [4.69, 9.17) is 0 Å². The number of hydrogen-bond donors (Lipinski definition) is 2. The van der Waals surface area contributed by atoms with Gasteiger partial charge < -0.3 is 15.0 Å². The summed E-state index contributed by atoms with van der Waals surface area (Å²) in [5.74, 6) is -0.181. The van der Waals surface area contributed by atoms with Gasteiger partial charge in [-0.2, -0.15) is 0 Å². The van der Waals surface area contributed by atoms with Gasteiger partial charge in [0.15, 0.2) is 0 Å². The number of carbonyl (C=O) groups is 1. The molecule has 1 aromatic heterocycles. The number of benzene rings is 1. The van der Waals surface area contributed by atoms with Gasteiger partial charge in [-0.3, -0.25) is 14.5 Å². The average Bonchev–Trinajstić information content (AvgIpc) is 3.32. The Labute approximate surface area is 189 Å². The number of aliphatic hydroxyl groups is 1. The highest BCUT2D eigenvalue weighted by molar-refractivity contribution is 5.82. The zero-order valence-corrected chi connectivity index (χ0v) is 18.9. The summed E-state index contributed by atoms with van der Waals surface area (Å²) in [6.07, 6.45) is 5.38. The molecule has 0 bridgehead atoms. The van der Waals surface area contributed by atoms with Crippen molar-refractivity contribution in [1.82, 2.24) is 14.8 Å². The average molecular weight is 436 g/mol. The van der Waals surface area contributed by atoms with E-state index in [9.17, 15) is 14.7 Å². The minimum absolute atomic E-state index is 0.00648. The Morgan fingerprint density at radius 2 is 2.00 bits per heavy atom. The van der Waals surface area contributed by atoms with Crippen LogP contribution in [0.3, 0.4) is 0 Å². The van der Waals surface area contributed by atoms with Gasteiger partial charge in [0, 0.05) is 42.8 Å². The third kappa shape index (κ3) is 4.05. The van der Waals surface area contributed by atoms with Gasteiger partial charge >= 0.3 is 0 Å². The van der Waals surface area contributed by atoms with Crippen molar-refractivity contribution in [3.05, 3.63) is 75.7 Å². The predicted molar refractivity (Wildman–Crippen MR) is 126 cm³/mol.